The van der Waals surface area contributed by atoms with Gasteiger partial charge in [-0.25, -0.2) is 9.97 Å². The summed E-state index contributed by atoms with van der Waals surface area (Å²) in [7, 11) is 0. The topological polar surface area (TPSA) is 37.8 Å². The van der Waals surface area contributed by atoms with Gasteiger partial charge in [0.05, 0.1) is 10.6 Å². The summed E-state index contributed by atoms with van der Waals surface area (Å²) in [5, 5.41) is 6.18. The zero-order valence-corrected chi connectivity index (χ0v) is 13.8. The van der Waals surface area contributed by atoms with Crippen molar-refractivity contribution in [3.63, 3.8) is 0 Å². The van der Waals surface area contributed by atoms with Crippen LogP contribution < -0.4 is 5.32 Å². The van der Waals surface area contributed by atoms with E-state index in [1.54, 1.807) is 29.3 Å². The second-order valence-corrected chi connectivity index (χ2v) is 6.16. The number of anilines is 2. The number of hydrogen-bond acceptors (Lipinski definition) is 5. The van der Waals surface area contributed by atoms with E-state index in [1.807, 2.05) is 36.6 Å². The largest absolute Gasteiger partial charge is 0.315 e. The monoisotopic (exact) mass is 335 g/mol. The van der Waals surface area contributed by atoms with Crippen LogP contribution in [-0.4, -0.2) is 9.97 Å². The van der Waals surface area contributed by atoms with Crippen LogP contribution in [-0.2, 0) is 0 Å². The van der Waals surface area contributed by atoms with Crippen LogP contribution in [0.1, 0.15) is 5.69 Å². The van der Waals surface area contributed by atoms with Gasteiger partial charge >= 0.3 is 0 Å². The maximum absolute atomic E-state index is 4.41. The third-order valence-electron chi connectivity index (χ3n) is 2.59. The van der Waals surface area contributed by atoms with Gasteiger partial charge in [-0.1, -0.05) is 30.0 Å². The van der Waals surface area contributed by atoms with Crippen LogP contribution in [0.15, 0.2) is 63.8 Å². The molecular formula is C15H14ClN3S2. The molecule has 3 rings (SSSR count). The van der Waals surface area contributed by atoms with Gasteiger partial charge in [0.25, 0.3) is 0 Å². The molecule has 6 heteroatoms. The molecule has 0 saturated heterocycles. The molecule has 0 radical (unpaired) electrons. The van der Waals surface area contributed by atoms with Crippen molar-refractivity contribution in [2.45, 2.75) is 16.7 Å². The first kappa shape index (κ1) is 15.8. The molecule has 0 unspecified atom stereocenters. The van der Waals surface area contributed by atoms with E-state index in [4.69, 9.17) is 0 Å². The lowest BCUT2D eigenvalue weighted by Crippen LogP contribution is -1.94. The summed E-state index contributed by atoms with van der Waals surface area (Å²) in [6.07, 6.45) is 1.79. The minimum atomic E-state index is 0. The van der Waals surface area contributed by atoms with Crippen molar-refractivity contribution >= 4 is 46.5 Å². The summed E-state index contributed by atoms with van der Waals surface area (Å²) in [5.74, 6) is 0.843. The highest BCUT2D eigenvalue weighted by molar-refractivity contribution is 7.99. The molecule has 0 atom stereocenters. The summed E-state index contributed by atoms with van der Waals surface area (Å²) >= 11 is 3.28. The van der Waals surface area contributed by atoms with E-state index in [1.165, 1.54) is 4.90 Å². The fourth-order valence-electron chi connectivity index (χ4n) is 1.69. The second-order valence-electron chi connectivity index (χ2n) is 4.18. The predicted octanol–water partition coefficient (Wildman–Crippen LogP) is 5.16. The number of halogens is 1. The van der Waals surface area contributed by atoms with Crippen molar-refractivity contribution in [3.05, 3.63) is 59.7 Å². The Hall–Kier alpha value is -1.56. The van der Waals surface area contributed by atoms with E-state index in [0.29, 0.717) is 0 Å². The molecule has 0 saturated carbocycles. The van der Waals surface area contributed by atoms with Crippen LogP contribution in [0.2, 0.25) is 0 Å². The third kappa shape index (κ3) is 4.20. The zero-order chi connectivity index (χ0) is 13.8. The molecule has 0 fully saturated rings. The average molecular weight is 336 g/mol. The van der Waals surface area contributed by atoms with Crippen LogP contribution in [0.25, 0.3) is 0 Å². The van der Waals surface area contributed by atoms with Gasteiger partial charge in [0.15, 0.2) is 5.13 Å². The first-order chi connectivity index (χ1) is 9.81. The van der Waals surface area contributed by atoms with Crippen LogP contribution in [0.3, 0.4) is 0 Å². The molecule has 21 heavy (non-hydrogen) atoms. The molecule has 3 nitrogen and oxygen atoms in total. The van der Waals surface area contributed by atoms with Crippen molar-refractivity contribution in [2.75, 3.05) is 5.32 Å². The quantitative estimate of drug-likeness (QED) is 0.714. The first-order valence-corrected chi connectivity index (χ1v) is 7.88. The predicted molar refractivity (Wildman–Crippen MR) is 92.2 cm³/mol. The number of pyridine rings is 1. The number of hydrogen-bond donors (Lipinski definition) is 1. The highest BCUT2D eigenvalue weighted by Gasteiger charge is 2.07. The molecule has 0 aliphatic carbocycles. The van der Waals surface area contributed by atoms with Crippen molar-refractivity contribution in [1.29, 1.82) is 0 Å². The highest BCUT2D eigenvalue weighted by atomic mass is 35.5. The van der Waals surface area contributed by atoms with E-state index in [9.17, 15) is 0 Å². The number of rotatable bonds is 4. The molecule has 0 aliphatic rings. The number of nitrogens with zero attached hydrogens (tertiary/aromatic N) is 2. The fraction of sp³-hybridized carbons (Fsp3) is 0.0667. The molecule has 2 aromatic heterocycles. The fourth-order valence-corrected chi connectivity index (χ4v) is 3.28. The second kappa shape index (κ2) is 7.45. The molecule has 2 heterocycles. The van der Waals surface area contributed by atoms with Gasteiger partial charge < -0.3 is 5.32 Å². The molecule has 1 N–H and O–H groups in total. The maximum atomic E-state index is 4.41. The first-order valence-electron chi connectivity index (χ1n) is 6.18. The van der Waals surface area contributed by atoms with Gasteiger partial charge in [0.2, 0.25) is 0 Å². The maximum Gasteiger partial charge on any atom is 0.188 e. The molecule has 0 aliphatic heterocycles. The van der Waals surface area contributed by atoms with Crippen molar-refractivity contribution in [1.82, 2.24) is 9.97 Å². The normalized spacial score (nSPS) is 9.95. The smallest absolute Gasteiger partial charge is 0.188 e. The van der Waals surface area contributed by atoms with Gasteiger partial charge in [-0.05, 0) is 31.2 Å². The van der Waals surface area contributed by atoms with Gasteiger partial charge in [-0.3, -0.25) is 0 Å². The highest BCUT2D eigenvalue weighted by Crippen LogP contribution is 2.33. The van der Waals surface area contributed by atoms with E-state index in [-0.39, 0.29) is 12.4 Å². The molecule has 0 spiro atoms. The van der Waals surface area contributed by atoms with Gasteiger partial charge in [-0.2, -0.15) is 0 Å². The Morgan fingerprint density at radius 3 is 2.62 bits per heavy atom. The lowest BCUT2D eigenvalue weighted by Gasteiger charge is -2.08. The molecule has 1 aromatic carbocycles. The zero-order valence-electron chi connectivity index (χ0n) is 11.3. The number of aryl methyl sites for hydroxylation is 1. The standard InChI is InChI=1S/C15H13N3S2.ClH/c1-11-10-19-15(17-11)18-14-13(8-5-9-16-14)20-12-6-3-2-4-7-12;/h2-10H,1H3,(H,16,17,18);1H. The molecule has 3 aromatic rings. The van der Waals surface area contributed by atoms with Crippen LogP contribution in [0.4, 0.5) is 10.9 Å². The summed E-state index contributed by atoms with van der Waals surface area (Å²) in [5.41, 5.74) is 1.02. The van der Waals surface area contributed by atoms with E-state index < -0.39 is 0 Å². The van der Waals surface area contributed by atoms with E-state index >= 15 is 0 Å². The van der Waals surface area contributed by atoms with Crippen molar-refractivity contribution < 1.29 is 0 Å². The van der Waals surface area contributed by atoms with Crippen molar-refractivity contribution in [3.8, 4) is 0 Å². The molecule has 0 bridgehead atoms. The van der Waals surface area contributed by atoms with Gasteiger partial charge in [0.1, 0.15) is 5.82 Å². The Morgan fingerprint density at radius 1 is 1.10 bits per heavy atom. The van der Waals surface area contributed by atoms with Gasteiger partial charge in [-0.15, -0.1) is 23.7 Å². The van der Waals surface area contributed by atoms with Crippen LogP contribution in [0.5, 0.6) is 0 Å². The lowest BCUT2D eigenvalue weighted by molar-refractivity contribution is 1.20. The average Bonchev–Trinajstić information content (AvgIpc) is 2.88. The number of benzene rings is 1. The summed E-state index contributed by atoms with van der Waals surface area (Å²) in [6.45, 7) is 1.99. The summed E-state index contributed by atoms with van der Waals surface area (Å²) in [4.78, 5) is 11.1. The lowest BCUT2D eigenvalue weighted by atomic mass is 10.4. The minimum absolute atomic E-state index is 0. The molecule has 108 valence electrons. The van der Waals surface area contributed by atoms with Crippen LogP contribution in [0, 0.1) is 6.92 Å². The Labute approximate surface area is 138 Å². The van der Waals surface area contributed by atoms with Crippen molar-refractivity contribution in [2.24, 2.45) is 0 Å². The molecular weight excluding hydrogens is 322 g/mol. The van der Waals surface area contributed by atoms with Gasteiger partial charge in [0, 0.05) is 16.5 Å². The minimum Gasteiger partial charge on any atom is -0.315 e. The Balaban J connectivity index is 0.00000161. The number of thiazole rings is 1. The van der Waals surface area contributed by atoms with E-state index in [2.05, 4.69) is 33.5 Å². The molecule has 0 amide bonds. The summed E-state index contributed by atoms with van der Waals surface area (Å²) in [6, 6.07) is 14.3. The van der Waals surface area contributed by atoms with Crippen LogP contribution >= 0.6 is 35.5 Å². The SMILES string of the molecule is Cc1csc(Nc2ncccc2Sc2ccccc2)n1.Cl. The Kier molecular flexibility index (Phi) is 5.61. The third-order valence-corrected chi connectivity index (χ3v) is 4.52. The Morgan fingerprint density at radius 2 is 1.90 bits per heavy atom. The Bertz CT molecular complexity index is 701. The number of nitrogens with one attached hydrogen (secondary N) is 1. The number of aromatic nitrogens is 2. The summed E-state index contributed by atoms with van der Waals surface area (Å²) < 4.78 is 0. The van der Waals surface area contributed by atoms with E-state index in [0.717, 1.165) is 21.5 Å².